The van der Waals surface area contributed by atoms with Gasteiger partial charge in [-0.3, -0.25) is 4.79 Å². The predicted molar refractivity (Wildman–Crippen MR) is 74.4 cm³/mol. The summed E-state index contributed by atoms with van der Waals surface area (Å²) in [6.45, 7) is 2.62. The van der Waals surface area contributed by atoms with Crippen LogP contribution in [0.2, 0.25) is 0 Å². The second kappa shape index (κ2) is 4.66. The number of ether oxygens (including phenoxy) is 2. The third kappa shape index (κ3) is 2.33. The van der Waals surface area contributed by atoms with Crippen LogP contribution in [-0.2, 0) is 11.3 Å². The number of nitrogens with zero attached hydrogens (tertiary/aromatic N) is 1. The molecule has 0 saturated heterocycles. The van der Waals surface area contributed by atoms with Crippen molar-refractivity contribution in [2.24, 2.45) is 11.7 Å². The average Bonchev–Trinajstić information content (AvgIpc) is 3.18. The van der Waals surface area contributed by atoms with Gasteiger partial charge < -0.3 is 20.1 Å². The molecule has 0 bridgehead atoms. The van der Waals surface area contributed by atoms with Gasteiger partial charge in [0.05, 0.1) is 5.54 Å². The highest BCUT2D eigenvalue weighted by Crippen LogP contribution is 2.39. The Morgan fingerprint density at radius 2 is 2.10 bits per heavy atom. The van der Waals surface area contributed by atoms with Gasteiger partial charge in [0.1, 0.15) is 0 Å². The number of fused-ring (bicyclic) bond motifs is 1. The molecule has 5 heteroatoms. The van der Waals surface area contributed by atoms with E-state index in [0.717, 1.165) is 29.9 Å². The van der Waals surface area contributed by atoms with Crippen molar-refractivity contribution in [3.05, 3.63) is 23.8 Å². The first-order valence-corrected chi connectivity index (χ1v) is 6.91. The minimum Gasteiger partial charge on any atom is -0.454 e. The quantitative estimate of drug-likeness (QED) is 0.905. The molecule has 1 aromatic rings. The lowest BCUT2D eigenvalue weighted by molar-refractivity contribution is -0.136. The smallest absolute Gasteiger partial charge is 0.242 e. The number of amides is 1. The number of nitrogens with two attached hydrogens (primary N) is 1. The molecule has 2 aliphatic rings. The third-order valence-electron chi connectivity index (χ3n) is 4.09. The Kier molecular flexibility index (Phi) is 3.09. The molecule has 1 heterocycles. The Labute approximate surface area is 118 Å². The normalized spacial score (nSPS) is 19.6. The van der Waals surface area contributed by atoms with E-state index < -0.39 is 5.54 Å². The van der Waals surface area contributed by atoms with E-state index in [1.54, 1.807) is 11.9 Å². The van der Waals surface area contributed by atoms with E-state index in [4.69, 9.17) is 15.2 Å². The molecule has 1 aliphatic carbocycles. The molecule has 0 aromatic heterocycles. The maximum absolute atomic E-state index is 12.4. The summed E-state index contributed by atoms with van der Waals surface area (Å²) in [6, 6.07) is 5.73. The minimum atomic E-state index is -0.745. The SMILES string of the molecule is CN(Cc1ccc2c(c1)OCO2)C(=O)C(C)(N)C1CC1. The van der Waals surface area contributed by atoms with Gasteiger partial charge in [-0.15, -0.1) is 0 Å². The fraction of sp³-hybridized carbons (Fsp3) is 0.533. The fourth-order valence-corrected chi connectivity index (χ4v) is 2.65. The first-order chi connectivity index (χ1) is 9.48. The highest BCUT2D eigenvalue weighted by molar-refractivity contribution is 5.86. The van der Waals surface area contributed by atoms with Crippen molar-refractivity contribution in [2.75, 3.05) is 13.8 Å². The van der Waals surface area contributed by atoms with Crippen molar-refractivity contribution in [2.45, 2.75) is 31.8 Å². The van der Waals surface area contributed by atoms with E-state index in [9.17, 15) is 4.79 Å². The zero-order chi connectivity index (χ0) is 14.3. The van der Waals surface area contributed by atoms with E-state index in [-0.39, 0.29) is 12.7 Å². The van der Waals surface area contributed by atoms with Crippen molar-refractivity contribution in [1.82, 2.24) is 4.90 Å². The van der Waals surface area contributed by atoms with Crippen LogP contribution in [0.5, 0.6) is 11.5 Å². The Balaban J connectivity index is 1.69. The summed E-state index contributed by atoms with van der Waals surface area (Å²) in [7, 11) is 1.79. The van der Waals surface area contributed by atoms with Gasteiger partial charge in [-0.25, -0.2) is 0 Å². The molecule has 20 heavy (non-hydrogen) atoms. The molecule has 2 N–H and O–H groups in total. The van der Waals surface area contributed by atoms with Gasteiger partial charge in [-0.05, 0) is 43.4 Å². The zero-order valence-corrected chi connectivity index (χ0v) is 11.9. The summed E-state index contributed by atoms with van der Waals surface area (Å²) >= 11 is 0. The van der Waals surface area contributed by atoms with E-state index in [0.29, 0.717) is 12.5 Å². The maximum atomic E-state index is 12.4. The van der Waals surface area contributed by atoms with Crippen LogP contribution in [0.1, 0.15) is 25.3 Å². The lowest BCUT2D eigenvalue weighted by Crippen LogP contribution is -2.53. The van der Waals surface area contributed by atoms with E-state index in [2.05, 4.69) is 0 Å². The van der Waals surface area contributed by atoms with Gasteiger partial charge >= 0.3 is 0 Å². The van der Waals surface area contributed by atoms with E-state index in [1.165, 1.54) is 0 Å². The summed E-state index contributed by atoms with van der Waals surface area (Å²) in [5.41, 5.74) is 6.44. The summed E-state index contributed by atoms with van der Waals surface area (Å²) < 4.78 is 10.6. The number of hydrogen-bond acceptors (Lipinski definition) is 4. The summed E-state index contributed by atoms with van der Waals surface area (Å²) in [5.74, 6) is 1.82. The second-order valence-corrected chi connectivity index (χ2v) is 5.91. The van der Waals surface area contributed by atoms with Gasteiger partial charge in [0.2, 0.25) is 12.7 Å². The van der Waals surface area contributed by atoms with Crippen molar-refractivity contribution in [3.63, 3.8) is 0 Å². The van der Waals surface area contributed by atoms with Crippen molar-refractivity contribution < 1.29 is 14.3 Å². The van der Waals surface area contributed by atoms with E-state index >= 15 is 0 Å². The molecule has 0 spiro atoms. The van der Waals surface area contributed by atoms with Gasteiger partial charge in [0, 0.05) is 13.6 Å². The highest BCUT2D eigenvalue weighted by Gasteiger charge is 2.45. The van der Waals surface area contributed by atoms with Gasteiger partial charge in [0.25, 0.3) is 0 Å². The monoisotopic (exact) mass is 276 g/mol. The van der Waals surface area contributed by atoms with Crippen LogP contribution in [0.3, 0.4) is 0 Å². The summed E-state index contributed by atoms with van der Waals surface area (Å²) in [4.78, 5) is 14.1. The number of carbonyl (C=O) groups excluding carboxylic acids is 1. The summed E-state index contributed by atoms with van der Waals surface area (Å²) in [6.07, 6.45) is 2.10. The Morgan fingerprint density at radius 3 is 2.80 bits per heavy atom. The van der Waals surface area contributed by atoms with Gasteiger partial charge in [-0.1, -0.05) is 6.07 Å². The Morgan fingerprint density at radius 1 is 1.40 bits per heavy atom. The van der Waals surface area contributed by atoms with Crippen LogP contribution in [-0.4, -0.2) is 30.2 Å². The summed E-state index contributed by atoms with van der Waals surface area (Å²) in [5, 5.41) is 0. The molecule has 108 valence electrons. The maximum Gasteiger partial charge on any atom is 0.242 e. The first-order valence-electron chi connectivity index (χ1n) is 6.91. The van der Waals surface area contributed by atoms with E-state index in [1.807, 2.05) is 25.1 Å². The number of carbonyl (C=O) groups is 1. The molecule has 1 aliphatic heterocycles. The zero-order valence-electron chi connectivity index (χ0n) is 11.9. The molecular weight excluding hydrogens is 256 g/mol. The molecular formula is C15H20N2O3. The van der Waals surface area contributed by atoms with Crippen molar-refractivity contribution in [1.29, 1.82) is 0 Å². The Bertz CT molecular complexity index is 538. The molecule has 1 fully saturated rings. The van der Waals surface area contributed by atoms with Crippen LogP contribution < -0.4 is 15.2 Å². The largest absolute Gasteiger partial charge is 0.454 e. The molecule has 3 rings (SSSR count). The third-order valence-corrected chi connectivity index (χ3v) is 4.09. The van der Waals surface area contributed by atoms with Crippen LogP contribution in [0.25, 0.3) is 0 Å². The average molecular weight is 276 g/mol. The molecule has 1 atom stereocenters. The first kappa shape index (κ1) is 13.2. The van der Waals surface area contributed by atoms with Crippen LogP contribution >= 0.6 is 0 Å². The lowest BCUT2D eigenvalue weighted by Gasteiger charge is -2.29. The van der Waals surface area contributed by atoms with Crippen LogP contribution in [0, 0.1) is 5.92 Å². The molecule has 1 unspecified atom stereocenters. The number of hydrogen-bond donors (Lipinski definition) is 1. The topological polar surface area (TPSA) is 64.8 Å². The van der Waals surface area contributed by atoms with Gasteiger partial charge in [0.15, 0.2) is 11.5 Å². The molecule has 1 amide bonds. The fourth-order valence-electron chi connectivity index (χ4n) is 2.65. The standard InChI is InChI=1S/C15H20N2O3/c1-15(16,11-4-5-11)14(18)17(2)8-10-3-6-12-13(7-10)20-9-19-12/h3,6-7,11H,4-5,8-9,16H2,1-2H3. The second-order valence-electron chi connectivity index (χ2n) is 5.91. The van der Waals surface area contributed by atoms with Crippen molar-refractivity contribution in [3.8, 4) is 11.5 Å². The van der Waals surface area contributed by atoms with Gasteiger partial charge in [-0.2, -0.15) is 0 Å². The number of likely N-dealkylation sites (N-methyl/N-ethyl adjacent to an activating group) is 1. The molecule has 1 aromatic carbocycles. The molecule has 5 nitrogen and oxygen atoms in total. The Hall–Kier alpha value is -1.75. The lowest BCUT2D eigenvalue weighted by atomic mass is 9.95. The van der Waals surface area contributed by atoms with Crippen LogP contribution in [0.4, 0.5) is 0 Å². The minimum absolute atomic E-state index is 0.00216. The number of rotatable bonds is 4. The van der Waals surface area contributed by atoms with Crippen LogP contribution in [0.15, 0.2) is 18.2 Å². The number of benzene rings is 1. The highest BCUT2D eigenvalue weighted by atomic mass is 16.7. The predicted octanol–water partition coefficient (Wildman–Crippen LogP) is 1.50. The molecule has 0 radical (unpaired) electrons. The van der Waals surface area contributed by atoms with Crippen molar-refractivity contribution >= 4 is 5.91 Å². The molecule has 1 saturated carbocycles.